The first kappa shape index (κ1) is 20.7. The summed E-state index contributed by atoms with van der Waals surface area (Å²) < 4.78 is 50.8. The summed E-state index contributed by atoms with van der Waals surface area (Å²) in [6, 6.07) is 8.63. The molecule has 0 saturated heterocycles. The quantitative estimate of drug-likeness (QED) is 0.698. The van der Waals surface area contributed by atoms with E-state index in [-0.39, 0.29) is 23.0 Å². The molecule has 1 aliphatic rings. The predicted molar refractivity (Wildman–Crippen MR) is 109 cm³/mol. The molecule has 0 radical (unpaired) electrons. The lowest BCUT2D eigenvalue weighted by molar-refractivity contribution is 0.391. The largest absolute Gasteiger partial charge is 0.369 e. The van der Waals surface area contributed by atoms with Gasteiger partial charge in [0.2, 0.25) is 5.96 Å². The molecule has 4 N–H and O–H groups in total. The van der Waals surface area contributed by atoms with E-state index < -0.39 is 28.0 Å². The Morgan fingerprint density at radius 2 is 2.10 bits per heavy atom. The van der Waals surface area contributed by atoms with Crippen molar-refractivity contribution in [2.75, 3.05) is 12.8 Å². The Balaban J connectivity index is 2.01. The number of rotatable bonds is 3. The Morgan fingerprint density at radius 3 is 2.69 bits per heavy atom. The van der Waals surface area contributed by atoms with Crippen molar-refractivity contribution in [2.45, 2.75) is 12.5 Å². The zero-order valence-corrected chi connectivity index (χ0v) is 16.5. The van der Waals surface area contributed by atoms with Crippen LogP contribution in [-0.2, 0) is 5.54 Å². The number of benzene rings is 1. The number of pyridine rings is 1. The van der Waals surface area contributed by atoms with Crippen LogP contribution in [0.4, 0.5) is 8.78 Å². The minimum atomic E-state index is -3.28. The van der Waals surface area contributed by atoms with Gasteiger partial charge < -0.3 is 5.73 Å². The molecule has 1 atom stereocenters. The van der Waals surface area contributed by atoms with Crippen molar-refractivity contribution in [1.82, 2.24) is 9.29 Å². The molecule has 0 aliphatic carbocycles. The van der Waals surface area contributed by atoms with E-state index in [9.17, 15) is 17.9 Å². The van der Waals surface area contributed by atoms with Crippen molar-refractivity contribution in [1.29, 1.82) is 5.26 Å². The molecule has 1 aliphatic heterocycles. The molecule has 0 spiro atoms. The number of guanidine groups is 1. The van der Waals surface area contributed by atoms with Gasteiger partial charge in [-0.2, -0.15) is 5.26 Å². The Bertz CT molecular complexity index is 1050. The molecule has 0 bridgehead atoms. The summed E-state index contributed by atoms with van der Waals surface area (Å²) in [5.41, 5.74) is 5.16. The first-order chi connectivity index (χ1) is 13.6. The summed E-state index contributed by atoms with van der Waals surface area (Å²) in [4.78, 5) is 8.12. The third-order valence-electron chi connectivity index (χ3n) is 4.60. The summed E-state index contributed by atoms with van der Waals surface area (Å²) in [7, 11) is -1.89. The van der Waals surface area contributed by atoms with E-state index in [1.54, 1.807) is 0 Å². The third-order valence-corrected chi connectivity index (χ3v) is 6.61. The predicted octanol–water partition coefficient (Wildman–Crippen LogP) is 3.70. The van der Waals surface area contributed by atoms with Crippen molar-refractivity contribution >= 4 is 28.6 Å². The molecule has 0 amide bonds. The highest BCUT2D eigenvalue weighted by atomic mass is 32.3. The number of aliphatic imine (C=N–C) groups is 1. The van der Waals surface area contributed by atoms with Gasteiger partial charge in [-0.05, 0) is 42.8 Å². The molecule has 0 saturated carbocycles. The standard InChI is InChI=1S/C19H19F2N5O2S/c1-19(11-29(27,28)26(2)18(23)25-19)14-7-12(3-5-15(14)20)8-16(21)17-6-4-13(9-22)10-24-17/h3-8,10,27-28H,11H2,1-2H3,(H2,23,25). The van der Waals surface area contributed by atoms with E-state index in [1.165, 1.54) is 50.5 Å². The molecule has 2 heterocycles. The average molecular weight is 419 g/mol. The maximum absolute atomic E-state index is 14.6. The lowest BCUT2D eigenvalue weighted by atomic mass is 9.92. The summed E-state index contributed by atoms with van der Waals surface area (Å²) >= 11 is 0. The van der Waals surface area contributed by atoms with E-state index in [0.717, 1.165) is 10.4 Å². The minimum absolute atomic E-state index is 0.0248. The topological polar surface area (TPSA) is 119 Å². The number of nitrogens with two attached hydrogens (primary N) is 1. The lowest BCUT2D eigenvalue weighted by Gasteiger charge is -2.49. The fourth-order valence-electron chi connectivity index (χ4n) is 2.98. The van der Waals surface area contributed by atoms with Crippen molar-refractivity contribution in [3.63, 3.8) is 0 Å². The van der Waals surface area contributed by atoms with Gasteiger partial charge in [-0.1, -0.05) is 6.07 Å². The summed E-state index contributed by atoms with van der Waals surface area (Å²) in [5, 5.41) is 8.79. The van der Waals surface area contributed by atoms with Crippen LogP contribution >= 0.6 is 10.8 Å². The zero-order valence-electron chi connectivity index (χ0n) is 15.7. The van der Waals surface area contributed by atoms with Crippen molar-refractivity contribution in [3.8, 4) is 6.07 Å². The van der Waals surface area contributed by atoms with E-state index >= 15 is 0 Å². The number of hydrogen-bond donors (Lipinski definition) is 3. The molecule has 0 fully saturated rings. The van der Waals surface area contributed by atoms with Gasteiger partial charge in [0.25, 0.3) is 0 Å². The number of halogens is 2. The van der Waals surface area contributed by atoms with Crippen LogP contribution in [0, 0.1) is 17.1 Å². The number of nitriles is 1. The van der Waals surface area contributed by atoms with Crippen LogP contribution in [0.3, 0.4) is 0 Å². The molecule has 1 aromatic carbocycles. The van der Waals surface area contributed by atoms with Crippen LogP contribution in [0.1, 0.15) is 29.3 Å². The first-order valence-electron chi connectivity index (χ1n) is 8.44. The highest BCUT2D eigenvalue weighted by Gasteiger charge is 2.41. The summed E-state index contributed by atoms with van der Waals surface area (Å²) in [5.74, 6) is -1.70. The highest BCUT2D eigenvalue weighted by molar-refractivity contribution is 8.22. The number of nitrogens with zero attached hydrogens (tertiary/aromatic N) is 4. The number of hydrogen-bond acceptors (Lipinski definition) is 7. The normalized spacial score (nSPS) is 22.6. The van der Waals surface area contributed by atoms with Gasteiger partial charge in [-0.25, -0.2) is 18.1 Å². The lowest BCUT2D eigenvalue weighted by Crippen LogP contribution is -2.47. The Hall–Kier alpha value is -3.00. The van der Waals surface area contributed by atoms with Gasteiger partial charge in [0, 0.05) is 18.8 Å². The van der Waals surface area contributed by atoms with Gasteiger partial charge in [0.15, 0.2) is 0 Å². The summed E-state index contributed by atoms with van der Waals surface area (Å²) in [6.07, 6.45) is 2.42. The molecular formula is C19H19F2N5O2S. The first-order valence-corrected chi connectivity index (χ1v) is 10.1. The Morgan fingerprint density at radius 1 is 1.38 bits per heavy atom. The van der Waals surface area contributed by atoms with Crippen molar-refractivity contribution in [3.05, 3.63) is 64.7 Å². The molecular weight excluding hydrogens is 400 g/mol. The summed E-state index contributed by atoms with van der Waals surface area (Å²) in [6.45, 7) is 1.53. The van der Waals surface area contributed by atoms with E-state index in [1.807, 2.05) is 6.07 Å². The SMILES string of the molecule is CN1C(N)=NC(C)(c2cc(C=C(F)c3ccc(C#N)cn3)ccc2F)CS1(O)O. The zero-order chi connectivity index (χ0) is 21.4. The minimum Gasteiger partial charge on any atom is -0.369 e. The van der Waals surface area contributed by atoms with Crippen molar-refractivity contribution in [2.24, 2.45) is 10.7 Å². The van der Waals surface area contributed by atoms with Crippen LogP contribution in [-0.4, -0.2) is 37.2 Å². The smallest absolute Gasteiger partial charge is 0.210 e. The second-order valence-electron chi connectivity index (χ2n) is 6.79. The van der Waals surface area contributed by atoms with Crippen LogP contribution in [0.15, 0.2) is 41.5 Å². The molecule has 1 aromatic heterocycles. The van der Waals surface area contributed by atoms with Crippen LogP contribution < -0.4 is 5.73 Å². The Labute approximate surface area is 168 Å². The van der Waals surface area contributed by atoms with E-state index in [0.29, 0.717) is 11.1 Å². The maximum atomic E-state index is 14.6. The average Bonchev–Trinajstić information content (AvgIpc) is 2.67. The Kier molecular flexibility index (Phi) is 5.32. The third kappa shape index (κ3) is 4.07. The van der Waals surface area contributed by atoms with Gasteiger partial charge >= 0.3 is 0 Å². The molecule has 152 valence electrons. The molecule has 2 aromatic rings. The van der Waals surface area contributed by atoms with Crippen molar-refractivity contribution < 1.29 is 17.9 Å². The van der Waals surface area contributed by atoms with E-state index in [4.69, 9.17) is 11.0 Å². The molecule has 29 heavy (non-hydrogen) atoms. The van der Waals surface area contributed by atoms with Gasteiger partial charge in [-0.15, -0.1) is 10.8 Å². The molecule has 1 unspecified atom stereocenters. The monoisotopic (exact) mass is 419 g/mol. The second kappa shape index (κ2) is 7.44. The van der Waals surface area contributed by atoms with Gasteiger partial charge in [0.1, 0.15) is 23.3 Å². The molecule has 3 rings (SSSR count). The van der Waals surface area contributed by atoms with Crippen LogP contribution in [0.5, 0.6) is 0 Å². The van der Waals surface area contributed by atoms with E-state index in [2.05, 4.69) is 9.98 Å². The number of aromatic nitrogens is 1. The van der Waals surface area contributed by atoms with Crippen LogP contribution in [0.2, 0.25) is 0 Å². The van der Waals surface area contributed by atoms with Gasteiger partial charge in [-0.3, -0.25) is 14.1 Å². The fourth-order valence-corrected chi connectivity index (χ4v) is 4.49. The van der Waals surface area contributed by atoms with Crippen LogP contribution in [0.25, 0.3) is 11.9 Å². The maximum Gasteiger partial charge on any atom is 0.210 e. The van der Waals surface area contributed by atoms with Gasteiger partial charge in [0.05, 0.1) is 17.0 Å². The molecule has 7 nitrogen and oxygen atoms in total. The fraction of sp³-hybridized carbons (Fsp3) is 0.211. The molecule has 10 heteroatoms. The highest BCUT2D eigenvalue weighted by Crippen LogP contribution is 2.51. The second-order valence-corrected chi connectivity index (χ2v) is 8.89.